The summed E-state index contributed by atoms with van der Waals surface area (Å²) in [7, 11) is 0. The summed E-state index contributed by atoms with van der Waals surface area (Å²) in [6.07, 6.45) is 3.85. The summed E-state index contributed by atoms with van der Waals surface area (Å²) in [6.45, 7) is -0.0636. The summed E-state index contributed by atoms with van der Waals surface area (Å²) >= 11 is 0. The van der Waals surface area contributed by atoms with E-state index in [1.54, 1.807) is 12.1 Å². The molecule has 0 N–H and O–H groups in total. The van der Waals surface area contributed by atoms with Crippen molar-refractivity contribution >= 4 is 17.8 Å². The standard InChI is InChI=1S/C18H20FNO4/c19-14-6-3-5-13(11-14)18(8-1-2-9-18)17(23)24-12-16(22)20-10-4-7-15(20)21/h3,5-6,11H,1-2,4,7-10,12H2. The van der Waals surface area contributed by atoms with Crippen molar-refractivity contribution in [2.45, 2.75) is 43.9 Å². The number of nitrogens with zero attached hydrogens (tertiary/aromatic N) is 1. The molecule has 128 valence electrons. The number of esters is 1. The molecule has 5 nitrogen and oxygen atoms in total. The van der Waals surface area contributed by atoms with Gasteiger partial charge >= 0.3 is 5.97 Å². The monoisotopic (exact) mass is 333 g/mol. The van der Waals surface area contributed by atoms with Gasteiger partial charge in [-0.1, -0.05) is 25.0 Å². The number of halogens is 1. The highest BCUT2D eigenvalue weighted by Gasteiger charge is 2.44. The Labute approximate surface area is 139 Å². The van der Waals surface area contributed by atoms with Gasteiger partial charge in [0.1, 0.15) is 5.82 Å². The quantitative estimate of drug-likeness (QED) is 0.793. The zero-order valence-electron chi connectivity index (χ0n) is 13.4. The molecule has 0 unspecified atom stereocenters. The van der Waals surface area contributed by atoms with Crippen LogP contribution in [0.4, 0.5) is 4.39 Å². The van der Waals surface area contributed by atoms with Gasteiger partial charge < -0.3 is 4.74 Å². The third-order valence-corrected chi connectivity index (χ3v) is 4.93. The second-order valence-corrected chi connectivity index (χ2v) is 6.42. The Morgan fingerprint density at radius 2 is 1.96 bits per heavy atom. The first-order valence-corrected chi connectivity index (χ1v) is 8.29. The molecule has 0 bridgehead atoms. The van der Waals surface area contributed by atoms with Crippen LogP contribution in [0.5, 0.6) is 0 Å². The molecule has 1 aromatic carbocycles. The van der Waals surface area contributed by atoms with Crippen molar-refractivity contribution in [3.8, 4) is 0 Å². The molecule has 1 aliphatic carbocycles. The zero-order chi connectivity index (χ0) is 17.2. The molecular formula is C18H20FNO4. The van der Waals surface area contributed by atoms with Crippen LogP contribution in [0.15, 0.2) is 24.3 Å². The first-order chi connectivity index (χ1) is 11.5. The Hall–Kier alpha value is -2.24. The highest BCUT2D eigenvalue weighted by atomic mass is 19.1. The number of amides is 2. The molecule has 0 aromatic heterocycles. The second-order valence-electron chi connectivity index (χ2n) is 6.42. The van der Waals surface area contributed by atoms with Crippen molar-refractivity contribution in [3.63, 3.8) is 0 Å². The van der Waals surface area contributed by atoms with Gasteiger partial charge in [-0.2, -0.15) is 0 Å². The lowest BCUT2D eigenvalue weighted by Crippen LogP contribution is -2.39. The molecule has 6 heteroatoms. The van der Waals surface area contributed by atoms with Crippen molar-refractivity contribution in [3.05, 3.63) is 35.6 Å². The van der Waals surface area contributed by atoms with Gasteiger partial charge in [0.05, 0.1) is 5.41 Å². The van der Waals surface area contributed by atoms with E-state index in [0.717, 1.165) is 17.7 Å². The Bertz CT molecular complexity index is 667. The summed E-state index contributed by atoms with van der Waals surface area (Å²) in [5, 5.41) is 0. The maximum absolute atomic E-state index is 13.6. The van der Waals surface area contributed by atoms with Crippen LogP contribution in [0.2, 0.25) is 0 Å². The minimum Gasteiger partial charge on any atom is -0.455 e. The molecule has 2 amide bonds. The van der Waals surface area contributed by atoms with Gasteiger partial charge in [-0.05, 0) is 37.0 Å². The van der Waals surface area contributed by atoms with E-state index in [9.17, 15) is 18.8 Å². The van der Waals surface area contributed by atoms with Crippen molar-refractivity contribution in [2.75, 3.05) is 13.2 Å². The van der Waals surface area contributed by atoms with E-state index in [-0.39, 0.29) is 5.91 Å². The lowest BCUT2D eigenvalue weighted by molar-refractivity contribution is -0.158. The number of carbonyl (C=O) groups is 3. The van der Waals surface area contributed by atoms with E-state index < -0.39 is 29.7 Å². The van der Waals surface area contributed by atoms with Crippen LogP contribution < -0.4 is 0 Å². The summed E-state index contributed by atoms with van der Waals surface area (Å²) in [5.74, 6) is -1.62. The van der Waals surface area contributed by atoms with E-state index in [1.165, 1.54) is 12.1 Å². The van der Waals surface area contributed by atoms with Crippen LogP contribution in [0.1, 0.15) is 44.1 Å². The second kappa shape index (κ2) is 6.71. The molecule has 24 heavy (non-hydrogen) atoms. The Balaban J connectivity index is 1.71. The third kappa shape index (κ3) is 3.05. The predicted octanol–water partition coefficient (Wildman–Crippen LogP) is 2.33. The lowest BCUT2D eigenvalue weighted by atomic mass is 9.79. The number of ether oxygens (including phenoxy) is 1. The summed E-state index contributed by atoms with van der Waals surface area (Å²) in [4.78, 5) is 37.4. The van der Waals surface area contributed by atoms with Gasteiger partial charge in [0.15, 0.2) is 6.61 Å². The predicted molar refractivity (Wildman–Crippen MR) is 83.5 cm³/mol. The fourth-order valence-electron chi connectivity index (χ4n) is 3.63. The van der Waals surface area contributed by atoms with Gasteiger partial charge in [0.25, 0.3) is 5.91 Å². The first kappa shape index (κ1) is 16.6. The maximum atomic E-state index is 13.6. The number of hydrogen-bond acceptors (Lipinski definition) is 4. The molecule has 3 rings (SSSR count). The molecule has 1 heterocycles. The van der Waals surface area contributed by atoms with Crippen molar-refractivity contribution in [1.82, 2.24) is 4.90 Å². The Morgan fingerprint density at radius 1 is 1.21 bits per heavy atom. The number of benzene rings is 1. The van der Waals surface area contributed by atoms with Gasteiger partial charge in [-0.25, -0.2) is 4.39 Å². The lowest BCUT2D eigenvalue weighted by Gasteiger charge is -2.27. The minimum atomic E-state index is -0.891. The Morgan fingerprint density at radius 3 is 2.58 bits per heavy atom. The van der Waals surface area contributed by atoms with E-state index in [4.69, 9.17) is 4.74 Å². The van der Waals surface area contributed by atoms with Gasteiger partial charge in [0, 0.05) is 13.0 Å². The van der Waals surface area contributed by atoms with Gasteiger partial charge in [-0.15, -0.1) is 0 Å². The molecular weight excluding hydrogens is 313 g/mol. The molecule has 1 saturated heterocycles. The van der Waals surface area contributed by atoms with Crippen molar-refractivity contribution < 1.29 is 23.5 Å². The largest absolute Gasteiger partial charge is 0.455 e. The SMILES string of the molecule is O=C1CCCN1C(=O)COC(=O)C1(c2cccc(F)c2)CCCC1. The normalized spacial score (nSPS) is 19.5. The van der Waals surface area contributed by atoms with E-state index in [1.807, 2.05) is 0 Å². The average molecular weight is 333 g/mol. The van der Waals surface area contributed by atoms with Crippen LogP contribution in [0, 0.1) is 5.82 Å². The van der Waals surface area contributed by atoms with Crippen molar-refractivity contribution in [2.24, 2.45) is 0 Å². The number of rotatable bonds is 4. The summed E-state index contributed by atoms with van der Waals surface area (Å²) in [5.41, 5.74) is -0.299. The molecule has 2 fully saturated rings. The van der Waals surface area contributed by atoms with E-state index in [2.05, 4.69) is 0 Å². The topological polar surface area (TPSA) is 63.7 Å². The fourth-order valence-corrected chi connectivity index (χ4v) is 3.63. The van der Waals surface area contributed by atoms with Crippen LogP contribution >= 0.6 is 0 Å². The smallest absolute Gasteiger partial charge is 0.317 e. The molecule has 0 atom stereocenters. The highest BCUT2D eigenvalue weighted by Crippen LogP contribution is 2.42. The molecule has 1 saturated carbocycles. The van der Waals surface area contributed by atoms with Crippen LogP contribution in [0.3, 0.4) is 0 Å². The molecule has 0 radical (unpaired) electrons. The number of carbonyl (C=O) groups excluding carboxylic acids is 3. The molecule has 1 aliphatic heterocycles. The third-order valence-electron chi connectivity index (χ3n) is 4.93. The van der Waals surface area contributed by atoms with E-state index >= 15 is 0 Å². The van der Waals surface area contributed by atoms with Crippen molar-refractivity contribution in [1.29, 1.82) is 0 Å². The van der Waals surface area contributed by atoms with E-state index in [0.29, 0.717) is 37.8 Å². The minimum absolute atomic E-state index is 0.225. The highest BCUT2D eigenvalue weighted by molar-refractivity contribution is 5.98. The first-order valence-electron chi connectivity index (χ1n) is 8.29. The van der Waals surface area contributed by atoms with Gasteiger partial charge in [-0.3, -0.25) is 19.3 Å². The molecule has 1 aromatic rings. The van der Waals surface area contributed by atoms with Crippen LogP contribution in [0.25, 0.3) is 0 Å². The molecule has 2 aliphatic rings. The number of likely N-dealkylation sites (tertiary alicyclic amines) is 1. The number of imide groups is 1. The Kier molecular flexibility index (Phi) is 4.64. The summed E-state index contributed by atoms with van der Waals surface area (Å²) < 4.78 is 18.8. The number of hydrogen-bond donors (Lipinski definition) is 0. The average Bonchev–Trinajstić information content (AvgIpc) is 3.22. The fraction of sp³-hybridized carbons (Fsp3) is 0.500. The van der Waals surface area contributed by atoms with Gasteiger partial charge in [0.2, 0.25) is 5.91 Å². The summed E-state index contributed by atoms with van der Waals surface area (Å²) in [6, 6.07) is 5.99. The maximum Gasteiger partial charge on any atom is 0.317 e. The molecule has 0 spiro atoms. The van der Waals surface area contributed by atoms with Crippen LogP contribution in [-0.2, 0) is 24.5 Å². The van der Waals surface area contributed by atoms with Crippen LogP contribution in [-0.4, -0.2) is 35.8 Å². The zero-order valence-corrected chi connectivity index (χ0v) is 13.4.